The number of nitrogens with zero attached hydrogens (tertiary/aromatic N) is 1. The smallest absolute Gasteiger partial charge is 0.337 e. The van der Waals surface area contributed by atoms with Gasteiger partial charge in [0.2, 0.25) is 0 Å². The van der Waals surface area contributed by atoms with Crippen LogP contribution in [0, 0.1) is 0 Å². The first-order chi connectivity index (χ1) is 13.5. The number of benzene rings is 2. The predicted molar refractivity (Wildman–Crippen MR) is 105 cm³/mol. The van der Waals surface area contributed by atoms with E-state index in [0.29, 0.717) is 30.2 Å². The zero-order chi connectivity index (χ0) is 20.1. The Morgan fingerprint density at radius 1 is 1.18 bits per heavy atom. The van der Waals surface area contributed by atoms with E-state index in [-0.39, 0.29) is 12.1 Å². The zero-order valence-electron chi connectivity index (χ0n) is 16.2. The molecule has 1 atom stereocenters. The highest BCUT2D eigenvalue weighted by atomic mass is 16.5. The van der Waals surface area contributed by atoms with E-state index in [4.69, 9.17) is 14.2 Å². The number of amides is 2. The van der Waals surface area contributed by atoms with Crippen molar-refractivity contribution >= 4 is 17.7 Å². The maximum atomic E-state index is 12.9. The molecule has 1 heterocycles. The van der Waals surface area contributed by atoms with Gasteiger partial charge in [-0.3, -0.25) is 0 Å². The van der Waals surface area contributed by atoms with Crippen LogP contribution in [0.5, 0.6) is 11.5 Å². The Bertz CT molecular complexity index is 850. The molecule has 1 unspecified atom stereocenters. The first kappa shape index (κ1) is 19.5. The van der Waals surface area contributed by atoms with E-state index in [1.807, 2.05) is 6.92 Å². The summed E-state index contributed by atoms with van der Waals surface area (Å²) in [6, 6.07) is 12.0. The number of carbonyl (C=O) groups excluding carboxylic acids is 2. The summed E-state index contributed by atoms with van der Waals surface area (Å²) in [6.45, 7) is 2.75. The Morgan fingerprint density at radius 2 is 1.93 bits per heavy atom. The number of fused-ring (bicyclic) bond motifs is 1. The molecule has 148 valence electrons. The van der Waals surface area contributed by atoms with Crippen molar-refractivity contribution in [2.45, 2.75) is 25.9 Å². The number of hydrogen-bond acceptors (Lipinski definition) is 5. The molecule has 1 N–H and O–H groups in total. The van der Waals surface area contributed by atoms with E-state index in [9.17, 15) is 9.59 Å². The summed E-state index contributed by atoms with van der Waals surface area (Å²) in [7, 11) is 2.94. The van der Waals surface area contributed by atoms with Gasteiger partial charge in [0.15, 0.2) is 0 Å². The van der Waals surface area contributed by atoms with Crippen LogP contribution in [-0.4, -0.2) is 43.8 Å². The summed E-state index contributed by atoms with van der Waals surface area (Å²) in [5.41, 5.74) is 1.95. The van der Waals surface area contributed by atoms with Crippen molar-refractivity contribution in [3.8, 4) is 11.5 Å². The fraction of sp³-hybridized carbons (Fsp3) is 0.333. The standard InChI is InChI=1S/C21H24N2O5/c1-4-17-13-28-19-11-14(20(24)27-3)5-6-15(19)12-23(17)21(25)22-16-7-9-18(26-2)10-8-16/h5-11,17H,4,12-13H2,1-3H3,(H,22,25). The highest BCUT2D eigenvalue weighted by Crippen LogP contribution is 2.28. The van der Waals surface area contributed by atoms with Crippen LogP contribution in [0.25, 0.3) is 0 Å². The lowest BCUT2D eigenvalue weighted by Gasteiger charge is -2.28. The molecule has 7 heteroatoms. The molecule has 2 aromatic rings. The summed E-state index contributed by atoms with van der Waals surface area (Å²) in [4.78, 5) is 26.5. The number of rotatable bonds is 4. The van der Waals surface area contributed by atoms with E-state index in [1.54, 1.807) is 54.5 Å². The van der Waals surface area contributed by atoms with Crippen molar-refractivity contribution in [2.24, 2.45) is 0 Å². The zero-order valence-corrected chi connectivity index (χ0v) is 16.2. The minimum absolute atomic E-state index is 0.0905. The first-order valence-electron chi connectivity index (χ1n) is 9.11. The van der Waals surface area contributed by atoms with Gasteiger partial charge in [0, 0.05) is 11.3 Å². The first-order valence-corrected chi connectivity index (χ1v) is 9.11. The van der Waals surface area contributed by atoms with Gasteiger partial charge in [-0.2, -0.15) is 0 Å². The lowest BCUT2D eigenvalue weighted by molar-refractivity contribution is 0.0600. The molecule has 3 rings (SSSR count). The highest BCUT2D eigenvalue weighted by molar-refractivity contribution is 5.91. The molecule has 0 fully saturated rings. The van der Waals surface area contributed by atoms with Crippen molar-refractivity contribution < 1.29 is 23.8 Å². The van der Waals surface area contributed by atoms with E-state index in [2.05, 4.69) is 5.32 Å². The summed E-state index contributed by atoms with van der Waals surface area (Å²) in [5.74, 6) is 0.904. The Labute approximate surface area is 164 Å². The average molecular weight is 384 g/mol. The molecular weight excluding hydrogens is 360 g/mol. The van der Waals surface area contributed by atoms with Gasteiger partial charge in [0.05, 0.1) is 32.4 Å². The van der Waals surface area contributed by atoms with Crippen molar-refractivity contribution in [1.82, 2.24) is 4.90 Å². The number of carbonyl (C=O) groups is 2. The summed E-state index contributed by atoms with van der Waals surface area (Å²) in [6.07, 6.45) is 0.744. The lowest BCUT2D eigenvalue weighted by Crippen LogP contribution is -2.43. The van der Waals surface area contributed by atoms with Crippen LogP contribution >= 0.6 is 0 Å². The van der Waals surface area contributed by atoms with Crippen LogP contribution in [0.1, 0.15) is 29.3 Å². The fourth-order valence-electron chi connectivity index (χ4n) is 3.10. The van der Waals surface area contributed by atoms with Crippen LogP contribution in [0.4, 0.5) is 10.5 Å². The second-order valence-electron chi connectivity index (χ2n) is 6.47. The summed E-state index contributed by atoms with van der Waals surface area (Å²) < 4.78 is 15.8. The van der Waals surface area contributed by atoms with Gasteiger partial charge < -0.3 is 24.4 Å². The van der Waals surface area contributed by atoms with Gasteiger partial charge in [-0.05, 0) is 42.8 Å². The minimum atomic E-state index is -0.420. The Morgan fingerprint density at radius 3 is 2.57 bits per heavy atom. The van der Waals surface area contributed by atoms with Gasteiger partial charge in [0.1, 0.15) is 18.1 Å². The maximum Gasteiger partial charge on any atom is 0.337 e. The molecule has 1 aliphatic heterocycles. The molecule has 0 bridgehead atoms. The molecule has 0 radical (unpaired) electrons. The molecule has 0 spiro atoms. The summed E-state index contributed by atoms with van der Waals surface area (Å²) >= 11 is 0. The molecule has 0 saturated heterocycles. The Kier molecular flexibility index (Phi) is 6.03. The number of urea groups is 1. The van der Waals surface area contributed by atoms with Crippen LogP contribution in [0.2, 0.25) is 0 Å². The fourth-order valence-corrected chi connectivity index (χ4v) is 3.10. The minimum Gasteiger partial charge on any atom is -0.497 e. The molecule has 0 saturated carbocycles. The maximum absolute atomic E-state index is 12.9. The average Bonchev–Trinajstić information content (AvgIpc) is 2.92. The van der Waals surface area contributed by atoms with Crippen LogP contribution in [-0.2, 0) is 11.3 Å². The third-order valence-electron chi connectivity index (χ3n) is 4.77. The summed E-state index contributed by atoms with van der Waals surface area (Å²) in [5, 5.41) is 2.93. The molecule has 0 aliphatic carbocycles. The third-order valence-corrected chi connectivity index (χ3v) is 4.77. The number of ether oxygens (including phenoxy) is 3. The SMILES string of the molecule is CCC1COc2cc(C(=O)OC)ccc2CN1C(=O)Nc1ccc(OC)cc1. The molecular formula is C21H24N2O5. The van der Waals surface area contributed by atoms with Gasteiger partial charge in [-0.25, -0.2) is 9.59 Å². The second kappa shape index (κ2) is 8.65. The third kappa shape index (κ3) is 4.19. The van der Waals surface area contributed by atoms with Crippen LogP contribution in [0.3, 0.4) is 0 Å². The van der Waals surface area contributed by atoms with E-state index < -0.39 is 5.97 Å². The van der Waals surface area contributed by atoms with Gasteiger partial charge >= 0.3 is 12.0 Å². The van der Waals surface area contributed by atoms with Crippen molar-refractivity contribution in [2.75, 3.05) is 26.1 Å². The Balaban J connectivity index is 1.80. The largest absolute Gasteiger partial charge is 0.497 e. The van der Waals surface area contributed by atoms with E-state index >= 15 is 0 Å². The molecule has 1 aliphatic rings. The molecule has 28 heavy (non-hydrogen) atoms. The van der Waals surface area contributed by atoms with Gasteiger partial charge in [-0.15, -0.1) is 0 Å². The van der Waals surface area contributed by atoms with E-state index in [0.717, 1.165) is 17.7 Å². The van der Waals surface area contributed by atoms with Crippen molar-refractivity contribution in [3.05, 3.63) is 53.6 Å². The monoisotopic (exact) mass is 384 g/mol. The lowest BCUT2D eigenvalue weighted by atomic mass is 10.1. The highest BCUT2D eigenvalue weighted by Gasteiger charge is 2.28. The normalized spacial score (nSPS) is 15.7. The predicted octanol–water partition coefficient (Wildman–Crippen LogP) is 3.69. The van der Waals surface area contributed by atoms with Crippen LogP contribution < -0.4 is 14.8 Å². The second-order valence-corrected chi connectivity index (χ2v) is 6.47. The number of methoxy groups -OCH3 is 2. The molecule has 0 aromatic heterocycles. The molecule has 7 nitrogen and oxygen atoms in total. The van der Waals surface area contributed by atoms with Gasteiger partial charge in [0.25, 0.3) is 0 Å². The molecule has 2 amide bonds. The number of esters is 1. The topological polar surface area (TPSA) is 77.1 Å². The van der Waals surface area contributed by atoms with Crippen molar-refractivity contribution in [3.63, 3.8) is 0 Å². The molecule has 2 aromatic carbocycles. The number of hydrogen-bond donors (Lipinski definition) is 1. The number of nitrogens with one attached hydrogen (secondary N) is 1. The Hall–Kier alpha value is -3.22. The van der Waals surface area contributed by atoms with E-state index in [1.165, 1.54) is 7.11 Å². The number of anilines is 1. The van der Waals surface area contributed by atoms with Crippen LogP contribution in [0.15, 0.2) is 42.5 Å². The quantitative estimate of drug-likeness (QED) is 0.814. The van der Waals surface area contributed by atoms with Gasteiger partial charge in [-0.1, -0.05) is 13.0 Å². The van der Waals surface area contributed by atoms with Crippen molar-refractivity contribution in [1.29, 1.82) is 0 Å².